The molecule has 2 heterocycles. The van der Waals surface area contributed by atoms with E-state index in [9.17, 15) is 4.79 Å². The van der Waals surface area contributed by atoms with E-state index >= 15 is 0 Å². The molecule has 0 spiro atoms. The second-order valence-electron chi connectivity index (χ2n) is 5.32. The molecule has 0 aliphatic carbocycles. The van der Waals surface area contributed by atoms with Crippen molar-refractivity contribution >= 4 is 5.69 Å². The molecular weight excluding hydrogens is 286 g/mol. The monoisotopic (exact) mass is 303 g/mol. The number of allylic oxidation sites excluding steroid dienone is 1. The van der Waals surface area contributed by atoms with Gasteiger partial charge in [-0.05, 0) is 54.4 Å². The third-order valence-corrected chi connectivity index (χ3v) is 3.41. The van der Waals surface area contributed by atoms with Crippen LogP contribution in [0.5, 0.6) is 0 Å². The highest BCUT2D eigenvalue weighted by atomic mass is 16.1. The van der Waals surface area contributed by atoms with Crippen molar-refractivity contribution in [2.45, 2.75) is 6.92 Å². The number of hydrogen-bond donors (Lipinski definition) is 1. The Balaban J connectivity index is 2.06. The third kappa shape index (κ3) is 3.37. The van der Waals surface area contributed by atoms with Crippen LogP contribution in [-0.4, -0.2) is 9.55 Å². The first-order valence-corrected chi connectivity index (χ1v) is 7.29. The summed E-state index contributed by atoms with van der Waals surface area (Å²) < 4.78 is 1.64. The van der Waals surface area contributed by atoms with Crippen molar-refractivity contribution in [2.75, 3.05) is 5.32 Å². The van der Waals surface area contributed by atoms with Crippen LogP contribution in [0, 0.1) is 0 Å². The molecule has 3 aromatic rings. The van der Waals surface area contributed by atoms with Gasteiger partial charge in [0.25, 0.3) is 5.56 Å². The molecule has 1 aromatic carbocycles. The number of pyridine rings is 2. The van der Waals surface area contributed by atoms with Gasteiger partial charge >= 0.3 is 0 Å². The van der Waals surface area contributed by atoms with Crippen molar-refractivity contribution in [1.29, 1.82) is 0 Å². The van der Waals surface area contributed by atoms with Gasteiger partial charge in [0.05, 0.1) is 5.69 Å². The Morgan fingerprint density at radius 2 is 1.87 bits per heavy atom. The van der Waals surface area contributed by atoms with Gasteiger partial charge in [0.1, 0.15) is 0 Å². The maximum absolute atomic E-state index is 12.2. The van der Waals surface area contributed by atoms with E-state index in [1.165, 1.54) is 0 Å². The molecule has 0 atom stereocenters. The number of anilines is 1. The van der Waals surface area contributed by atoms with E-state index in [1.807, 2.05) is 55.6 Å². The molecular formula is C19H17N3O. The quantitative estimate of drug-likeness (QED) is 0.796. The summed E-state index contributed by atoms with van der Waals surface area (Å²) in [4.78, 5) is 16.3. The number of benzene rings is 1. The first-order valence-electron chi connectivity index (χ1n) is 7.29. The first kappa shape index (κ1) is 14.8. The van der Waals surface area contributed by atoms with E-state index in [0.29, 0.717) is 0 Å². The fourth-order valence-electron chi connectivity index (χ4n) is 2.38. The molecule has 0 unspecified atom stereocenters. The highest BCUT2D eigenvalue weighted by Crippen LogP contribution is 2.19. The smallest absolute Gasteiger partial charge is 0.255 e. The maximum Gasteiger partial charge on any atom is 0.255 e. The summed E-state index contributed by atoms with van der Waals surface area (Å²) in [6, 6.07) is 14.9. The molecule has 4 nitrogen and oxygen atoms in total. The standard InChI is InChI=1S/C19H17N3O/c1-14(2)21-17-4-3-5-18(12-17)22-13-16(6-7-19(22)23)15-8-10-20-11-9-15/h3-13,21H,1H2,2H3. The molecule has 0 bridgehead atoms. The van der Waals surface area contributed by atoms with E-state index in [1.54, 1.807) is 23.0 Å². The van der Waals surface area contributed by atoms with E-state index in [0.717, 1.165) is 28.2 Å². The van der Waals surface area contributed by atoms with Crippen LogP contribution >= 0.6 is 0 Å². The summed E-state index contributed by atoms with van der Waals surface area (Å²) in [5, 5.41) is 3.16. The van der Waals surface area contributed by atoms with Gasteiger partial charge in [-0.25, -0.2) is 0 Å². The molecule has 2 aromatic heterocycles. The molecule has 4 heteroatoms. The van der Waals surface area contributed by atoms with Crippen LogP contribution in [0.25, 0.3) is 16.8 Å². The molecule has 23 heavy (non-hydrogen) atoms. The predicted molar refractivity (Wildman–Crippen MR) is 93.7 cm³/mol. The van der Waals surface area contributed by atoms with Crippen molar-refractivity contribution in [3.05, 3.63) is 89.8 Å². The zero-order valence-corrected chi connectivity index (χ0v) is 12.9. The molecule has 0 aliphatic rings. The summed E-state index contributed by atoms with van der Waals surface area (Å²) in [7, 11) is 0. The Morgan fingerprint density at radius 1 is 1.09 bits per heavy atom. The summed E-state index contributed by atoms with van der Waals surface area (Å²) in [5.74, 6) is 0. The fourth-order valence-corrected chi connectivity index (χ4v) is 2.38. The van der Waals surface area contributed by atoms with Gasteiger partial charge in [-0.3, -0.25) is 14.3 Å². The summed E-state index contributed by atoms with van der Waals surface area (Å²) in [6.45, 7) is 5.73. The van der Waals surface area contributed by atoms with E-state index in [-0.39, 0.29) is 5.56 Å². The predicted octanol–water partition coefficient (Wildman–Crippen LogP) is 3.85. The van der Waals surface area contributed by atoms with E-state index in [4.69, 9.17) is 0 Å². The molecule has 0 amide bonds. The lowest BCUT2D eigenvalue weighted by Gasteiger charge is -2.11. The van der Waals surface area contributed by atoms with Gasteiger partial charge < -0.3 is 5.32 Å². The average molecular weight is 303 g/mol. The van der Waals surface area contributed by atoms with Crippen molar-refractivity contribution in [1.82, 2.24) is 9.55 Å². The zero-order chi connectivity index (χ0) is 16.2. The van der Waals surface area contributed by atoms with Gasteiger partial charge in [0, 0.05) is 36.0 Å². The van der Waals surface area contributed by atoms with Crippen LogP contribution in [0.3, 0.4) is 0 Å². The van der Waals surface area contributed by atoms with Crippen LogP contribution < -0.4 is 10.9 Å². The van der Waals surface area contributed by atoms with Crippen LogP contribution in [-0.2, 0) is 0 Å². The molecule has 1 N–H and O–H groups in total. The van der Waals surface area contributed by atoms with Crippen molar-refractivity contribution in [2.24, 2.45) is 0 Å². The Hall–Kier alpha value is -3.14. The summed E-state index contributed by atoms with van der Waals surface area (Å²) in [6.07, 6.45) is 5.32. The lowest BCUT2D eigenvalue weighted by molar-refractivity contribution is 0.992. The average Bonchev–Trinajstić information content (AvgIpc) is 2.56. The van der Waals surface area contributed by atoms with Gasteiger partial charge in [0.2, 0.25) is 0 Å². The molecule has 3 rings (SSSR count). The zero-order valence-electron chi connectivity index (χ0n) is 12.9. The molecule has 0 radical (unpaired) electrons. The second-order valence-corrected chi connectivity index (χ2v) is 5.32. The van der Waals surface area contributed by atoms with Crippen molar-refractivity contribution in [3.63, 3.8) is 0 Å². The van der Waals surface area contributed by atoms with Crippen LogP contribution in [0.2, 0.25) is 0 Å². The topological polar surface area (TPSA) is 46.9 Å². The number of aromatic nitrogens is 2. The van der Waals surface area contributed by atoms with Gasteiger partial charge in [-0.1, -0.05) is 12.6 Å². The Labute approximate surface area is 134 Å². The third-order valence-electron chi connectivity index (χ3n) is 3.41. The Bertz CT molecular complexity index is 898. The summed E-state index contributed by atoms with van der Waals surface area (Å²) >= 11 is 0. The van der Waals surface area contributed by atoms with Crippen LogP contribution in [0.15, 0.2) is 84.2 Å². The highest BCUT2D eigenvalue weighted by molar-refractivity contribution is 5.62. The van der Waals surface area contributed by atoms with Gasteiger partial charge in [-0.15, -0.1) is 0 Å². The van der Waals surface area contributed by atoms with Crippen molar-refractivity contribution < 1.29 is 0 Å². The minimum atomic E-state index is -0.0738. The molecule has 114 valence electrons. The lowest BCUT2D eigenvalue weighted by Crippen LogP contribution is -2.16. The molecule has 0 fully saturated rings. The number of rotatable bonds is 4. The fraction of sp³-hybridized carbons (Fsp3) is 0.0526. The second kappa shape index (κ2) is 6.32. The van der Waals surface area contributed by atoms with Gasteiger partial charge in [0.15, 0.2) is 0 Å². The number of nitrogens with zero attached hydrogens (tertiary/aromatic N) is 2. The highest BCUT2D eigenvalue weighted by Gasteiger charge is 2.04. The largest absolute Gasteiger partial charge is 0.360 e. The minimum Gasteiger partial charge on any atom is -0.360 e. The Kier molecular flexibility index (Phi) is 4.06. The van der Waals surface area contributed by atoms with Gasteiger partial charge in [-0.2, -0.15) is 0 Å². The number of hydrogen-bond acceptors (Lipinski definition) is 3. The maximum atomic E-state index is 12.2. The molecule has 0 saturated heterocycles. The van der Waals surface area contributed by atoms with E-state index < -0.39 is 0 Å². The van der Waals surface area contributed by atoms with E-state index in [2.05, 4.69) is 16.9 Å². The normalized spacial score (nSPS) is 10.3. The minimum absolute atomic E-state index is 0.0738. The molecule has 0 saturated carbocycles. The Morgan fingerprint density at radius 3 is 2.61 bits per heavy atom. The van der Waals surface area contributed by atoms with Crippen LogP contribution in [0.1, 0.15) is 6.92 Å². The lowest BCUT2D eigenvalue weighted by atomic mass is 10.1. The van der Waals surface area contributed by atoms with Crippen LogP contribution in [0.4, 0.5) is 5.69 Å². The summed E-state index contributed by atoms with van der Waals surface area (Å²) in [5.41, 5.74) is 4.46. The van der Waals surface area contributed by atoms with Crippen molar-refractivity contribution in [3.8, 4) is 16.8 Å². The first-order chi connectivity index (χ1) is 11.1. The SMILES string of the molecule is C=C(C)Nc1cccc(-n2cc(-c3ccncc3)ccc2=O)c1. The number of nitrogens with one attached hydrogen (secondary N) is 1. The molecule has 0 aliphatic heterocycles.